The smallest absolute Gasteiger partial charge is 0.222 e. The zero-order valence-corrected chi connectivity index (χ0v) is 11.8. The molecule has 1 amide bonds. The summed E-state index contributed by atoms with van der Waals surface area (Å²) in [5.74, 6) is 0.989. The predicted octanol–water partition coefficient (Wildman–Crippen LogP) is 2.45. The van der Waals surface area contributed by atoms with E-state index >= 15 is 0 Å². The third-order valence-corrected chi connectivity index (χ3v) is 3.20. The van der Waals surface area contributed by atoms with E-state index in [1.54, 1.807) is 12.1 Å². The van der Waals surface area contributed by atoms with Crippen LogP contribution in [-0.4, -0.2) is 25.5 Å². The maximum atomic E-state index is 11.3. The number of anilines is 1. The van der Waals surface area contributed by atoms with Gasteiger partial charge in [0, 0.05) is 18.4 Å². The Morgan fingerprint density at radius 2 is 2.20 bits per heavy atom. The molecule has 2 aromatic heterocycles. The number of fused-ring (bicyclic) bond motifs is 3. The molecule has 0 aliphatic rings. The lowest BCUT2D eigenvalue weighted by Gasteiger charge is -2.08. The van der Waals surface area contributed by atoms with E-state index in [9.17, 15) is 4.79 Å². The van der Waals surface area contributed by atoms with Crippen molar-refractivity contribution in [2.45, 2.75) is 20.3 Å². The molecule has 20 heavy (non-hydrogen) atoms. The molecule has 0 saturated carbocycles. The van der Waals surface area contributed by atoms with Gasteiger partial charge in [0.25, 0.3) is 0 Å². The Morgan fingerprint density at radius 3 is 2.90 bits per heavy atom. The third-order valence-electron chi connectivity index (χ3n) is 2.96. The van der Waals surface area contributed by atoms with E-state index in [0.29, 0.717) is 22.0 Å². The van der Waals surface area contributed by atoms with Gasteiger partial charge in [0.2, 0.25) is 11.6 Å². The SMILES string of the molecule is CCc1nnc2c(NC(C)=O)nc3cc(Cl)ccc3n12. The number of nitrogens with one attached hydrogen (secondary N) is 1. The number of aromatic nitrogens is 4. The van der Waals surface area contributed by atoms with Crippen molar-refractivity contribution < 1.29 is 4.79 Å². The number of carbonyl (C=O) groups is 1. The summed E-state index contributed by atoms with van der Waals surface area (Å²) >= 11 is 6.01. The Morgan fingerprint density at radius 1 is 1.40 bits per heavy atom. The molecule has 0 unspecified atom stereocenters. The summed E-state index contributed by atoms with van der Waals surface area (Å²) in [6, 6.07) is 5.42. The summed E-state index contributed by atoms with van der Waals surface area (Å²) in [5.41, 5.74) is 2.08. The zero-order chi connectivity index (χ0) is 14.3. The number of benzene rings is 1. The lowest BCUT2D eigenvalue weighted by molar-refractivity contribution is -0.114. The van der Waals surface area contributed by atoms with E-state index < -0.39 is 0 Å². The summed E-state index contributed by atoms with van der Waals surface area (Å²) in [7, 11) is 0. The fraction of sp³-hybridized carbons (Fsp3) is 0.231. The van der Waals surface area contributed by atoms with Crippen molar-refractivity contribution in [1.82, 2.24) is 19.6 Å². The number of hydrogen-bond acceptors (Lipinski definition) is 4. The molecule has 0 radical (unpaired) electrons. The van der Waals surface area contributed by atoms with Gasteiger partial charge in [-0.1, -0.05) is 18.5 Å². The van der Waals surface area contributed by atoms with Crippen LogP contribution < -0.4 is 5.32 Å². The molecule has 0 saturated heterocycles. The Hall–Kier alpha value is -2.21. The van der Waals surface area contributed by atoms with E-state index in [1.807, 2.05) is 17.4 Å². The number of aryl methyl sites for hydroxylation is 1. The number of hydrogen-bond donors (Lipinski definition) is 1. The highest BCUT2D eigenvalue weighted by atomic mass is 35.5. The highest BCUT2D eigenvalue weighted by molar-refractivity contribution is 6.31. The van der Waals surface area contributed by atoms with Crippen molar-refractivity contribution in [1.29, 1.82) is 0 Å². The monoisotopic (exact) mass is 289 g/mol. The maximum Gasteiger partial charge on any atom is 0.222 e. The van der Waals surface area contributed by atoms with Crippen LogP contribution in [0.3, 0.4) is 0 Å². The van der Waals surface area contributed by atoms with E-state index in [2.05, 4.69) is 20.5 Å². The van der Waals surface area contributed by atoms with Crippen molar-refractivity contribution in [3.63, 3.8) is 0 Å². The van der Waals surface area contributed by atoms with Crippen LogP contribution in [0.2, 0.25) is 5.02 Å². The van der Waals surface area contributed by atoms with Crippen LogP contribution >= 0.6 is 11.6 Å². The molecule has 1 N–H and O–H groups in total. The van der Waals surface area contributed by atoms with Crippen molar-refractivity contribution >= 4 is 40.0 Å². The molecule has 102 valence electrons. The van der Waals surface area contributed by atoms with Crippen LogP contribution in [0.15, 0.2) is 18.2 Å². The second-order valence-corrected chi connectivity index (χ2v) is 4.84. The lowest BCUT2D eigenvalue weighted by Crippen LogP contribution is -2.10. The number of carbonyl (C=O) groups excluding carboxylic acids is 1. The van der Waals surface area contributed by atoms with Crippen molar-refractivity contribution in [2.24, 2.45) is 0 Å². The van der Waals surface area contributed by atoms with E-state index in [4.69, 9.17) is 11.6 Å². The number of rotatable bonds is 2. The molecule has 1 aromatic carbocycles. The second kappa shape index (κ2) is 4.72. The van der Waals surface area contributed by atoms with E-state index in [0.717, 1.165) is 17.8 Å². The topological polar surface area (TPSA) is 72.2 Å². The van der Waals surface area contributed by atoms with Gasteiger partial charge < -0.3 is 5.32 Å². The summed E-state index contributed by atoms with van der Waals surface area (Å²) in [6.45, 7) is 3.42. The quantitative estimate of drug-likeness (QED) is 0.786. The minimum atomic E-state index is -0.207. The van der Waals surface area contributed by atoms with Crippen LogP contribution in [0.4, 0.5) is 5.82 Å². The van der Waals surface area contributed by atoms with E-state index in [-0.39, 0.29) is 5.91 Å². The largest absolute Gasteiger partial charge is 0.308 e. The predicted molar refractivity (Wildman–Crippen MR) is 77.0 cm³/mol. The molecule has 3 aromatic rings. The van der Waals surface area contributed by atoms with Gasteiger partial charge in [0.15, 0.2) is 5.82 Å². The number of amides is 1. The molecule has 0 atom stereocenters. The Kier molecular flexibility index (Phi) is 3.02. The molecule has 0 aliphatic heterocycles. The van der Waals surface area contributed by atoms with Crippen LogP contribution in [0.1, 0.15) is 19.7 Å². The number of nitrogens with zero attached hydrogens (tertiary/aromatic N) is 4. The number of halogens is 1. The molecule has 0 fully saturated rings. The average molecular weight is 290 g/mol. The molecule has 0 spiro atoms. The van der Waals surface area contributed by atoms with Crippen LogP contribution in [0.5, 0.6) is 0 Å². The standard InChI is InChI=1S/C13H12ClN5O/c1-3-11-17-18-13-12(15-7(2)20)16-9-6-8(14)4-5-10(9)19(11)13/h4-6H,3H2,1-2H3,(H,15,16,20). The minimum absolute atomic E-state index is 0.207. The van der Waals surface area contributed by atoms with Gasteiger partial charge >= 0.3 is 0 Å². The van der Waals surface area contributed by atoms with Gasteiger partial charge in [0.05, 0.1) is 11.0 Å². The second-order valence-electron chi connectivity index (χ2n) is 4.40. The van der Waals surface area contributed by atoms with Gasteiger partial charge in [-0.2, -0.15) is 0 Å². The fourth-order valence-electron chi connectivity index (χ4n) is 2.15. The highest BCUT2D eigenvalue weighted by Gasteiger charge is 2.15. The normalized spacial score (nSPS) is 11.2. The van der Waals surface area contributed by atoms with Crippen LogP contribution in [-0.2, 0) is 11.2 Å². The summed E-state index contributed by atoms with van der Waals surface area (Å²) in [5, 5.41) is 11.5. The third kappa shape index (κ3) is 1.98. The van der Waals surface area contributed by atoms with Crippen LogP contribution in [0, 0.1) is 0 Å². The lowest BCUT2D eigenvalue weighted by atomic mass is 10.3. The van der Waals surface area contributed by atoms with Crippen molar-refractivity contribution in [2.75, 3.05) is 5.32 Å². The van der Waals surface area contributed by atoms with Gasteiger partial charge in [-0.15, -0.1) is 10.2 Å². The van der Waals surface area contributed by atoms with Gasteiger partial charge in [0.1, 0.15) is 5.82 Å². The molecule has 6 nitrogen and oxygen atoms in total. The average Bonchev–Trinajstić information content (AvgIpc) is 2.82. The molecule has 7 heteroatoms. The van der Waals surface area contributed by atoms with Crippen molar-refractivity contribution in [3.05, 3.63) is 29.0 Å². The summed E-state index contributed by atoms with van der Waals surface area (Å²) in [6.07, 6.45) is 0.725. The molecule has 0 aliphatic carbocycles. The first-order valence-corrected chi connectivity index (χ1v) is 6.59. The highest BCUT2D eigenvalue weighted by Crippen LogP contribution is 2.24. The van der Waals surface area contributed by atoms with Crippen molar-refractivity contribution in [3.8, 4) is 0 Å². The van der Waals surface area contributed by atoms with E-state index in [1.165, 1.54) is 6.92 Å². The molecular weight excluding hydrogens is 278 g/mol. The first kappa shape index (κ1) is 12.8. The van der Waals surface area contributed by atoms with Gasteiger partial charge in [-0.05, 0) is 18.2 Å². The fourth-order valence-corrected chi connectivity index (χ4v) is 2.31. The first-order chi connectivity index (χ1) is 9.60. The molecule has 0 bridgehead atoms. The first-order valence-electron chi connectivity index (χ1n) is 6.21. The van der Waals surface area contributed by atoms with Gasteiger partial charge in [-0.25, -0.2) is 4.98 Å². The molecular formula is C13H12ClN5O. The van der Waals surface area contributed by atoms with Gasteiger partial charge in [-0.3, -0.25) is 9.20 Å². The Labute approximate surface area is 119 Å². The summed E-state index contributed by atoms with van der Waals surface area (Å²) in [4.78, 5) is 15.7. The Balaban J connectivity index is 2.43. The summed E-state index contributed by atoms with van der Waals surface area (Å²) < 4.78 is 1.89. The molecule has 3 rings (SSSR count). The molecule has 2 heterocycles. The Bertz CT molecular complexity index is 826. The maximum absolute atomic E-state index is 11.3. The zero-order valence-electron chi connectivity index (χ0n) is 11.0. The minimum Gasteiger partial charge on any atom is -0.308 e. The van der Waals surface area contributed by atoms with Crippen LogP contribution in [0.25, 0.3) is 16.7 Å².